The van der Waals surface area contributed by atoms with Gasteiger partial charge in [0, 0.05) is 65.4 Å². The van der Waals surface area contributed by atoms with Gasteiger partial charge in [-0.2, -0.15) is 6.42 Å². The Morgan fingerprint density at radius 3 is 1.38 bits per heavy atom. The Morgan fingerprint density at radius 2 is 1.38 bits per heavy atom. The van der Waals surface area contributed by atoms with Crippen molar-refractivity contribution in [3.05, 3.63) is 14.4 Å². The summed E-state index contributed by atoms with van der Waals surface area (Å²) in [6.45, 7) is 5.72. The zero-order valence-electron chi connectivity index (χ0n) is 5.28. The summed E-state index contributed by atoms with van der Waals surface area (Å²) in [6, 6.07) is 0. The first-order valence-electron chi connectivity index (χ1n) is 1.71. The molecule has 0 aromatic heterocycles. The Kier molecular flexibility index (Phi) is 140. The number of hydrogen-bond acceptors (Lipinski definition) is 0. The van der Waals surface area contributed by atoms with Gasteiger partial charge in [-0.05, 0) is 0 Å². The largest absolute Gasteiger partial charge is 0.358 e. The predicted molar refractivity (Wildman–Crippen MR) is 33.4 cm³/mol. The summed E-state index contributed by atoms with van der Waals surface area (Å²) in [4.78, 5) is 0. The number of unbranched alkanes of at least 4 members (excludes halogenated alkanes) is 1. The van der Waals surface area contributed by atoms with Crippen LogP contribution in [0.15, 0.2) is 0 Å². The van der Waals surface area contributed by atoms with E-state index in [0.717, 1.165) is 6.42 Å². The van der Waals surface area contributed by atoms with Crippen molar-refractivity contribution in [1.29, 1.82) is 0 Å². The topological polar surface area (TPSA) is 0 Å². The zero-order chi connectivity index (χ0) is 3.41. The maximum Gasteiger partial charge on any atom is 0 e. The molecule has 0 atom stereocenters. The fourth-order valence-corrected chi connectivity index (χ4v) is 0. The van der Waals surface area contributed by atoms with Gasteiger partial charge in [0.1, 0.15) is 0 Å². The zero-order valence-corrected chi connectivity index (χ0v) is 11.0. The molecule has 0 aliphatic rings. The van der Waals surface area contributed by atoms with E-state index in [0.29, 0.717) is 0 Å². The average molecular weight is 266 g/mol. The van der Waals surface area contributed by atoms with Gasteiger partial charge in [-0.25, -0.2) is 0 Å². The molecule has 0 spiro atoms. The first-order valence-corrected chi connectivity index (χ1v) is 1.71. The van der Waals surface area contributed by atoms with Crippen LogP contribution in [0, 0.1) is 14.4 Å². The van der Waals surface area contributed by atoms with Crippen molar-refractivity contribution in [2.45, 2.75) is 27.2 Å². The third kappa shape index (κ3) is 41.4. The van der Waals surface area contributed by atoms with Crippen molar-refractivity contribution in [3.8, 4) is 0 Å². The van der Waals surface area contributed by atoms with Crippen molar-refractivity contribution < 1.29 is 65.4 Å². The van der Waals surface area contributed by atoms with E-state index in [1.165, 1.54) is 6.42 Å². The molecule has 0 aliphatic heterocycles. The summed E-state index contributed by atoms with van der Waals surface area (Å²) >= 11 is 0. The monoisotopic (exact) mass is 266 g/mol. The molecule has 0 aromatic rings. The van der Waals surface area contributed by atoms with Crippen LogP contribution in [-0.2, 0) is 65.4 Å². The Bertz CT molecular complexity index is 8.49. The predicted octanol–water partition coefficient (Wildman–Crippen LogP) is 2.70. The molecular weight excluding hydrogens is 250 g/mol. The van der Waals surface area contributed by atoms with Crippen molar-refractivity contribution in [1.82, 2.24) is 0 Å². The van der Waals surface area contributed by atoms with Crippen LogP contribution >= 0.6 is 0 Å². The van der Waals surface area contributed by atoms with Gasteiger partial charge in [0.2, 0.25) is 0 Å². The second kappa shape index (κ2) is 35.0. The standard InChI is InChI=1S/C4H9.CH4.CH3.2Y/c1-3-4-2;;;;/h1,3-4H2,2H3;1H4;1H3;;/q-1;;-1;;. The average Bonchev–Trinajstić information content (AvgIpc) is 1.37. The van der Waals surface area contributed by atoms with Crippen LogP contribution in [0.5, 0.6) is 0 Å². The molecule has 8 heavy (non-hydrogen) atoms. The van der Waals surface area contributed by atoms with Gasteiger partial charge < -0.3 is 14.4 Å². The SMILES string of the molecule is C.[CH2-]CCC.[CH3-].[Y].[Y]. The molecule has 0 fully saturated rings. The van der Waals surface area contributed by atoms with Crippen LogP contribution < -0.4 is 0 Å². The third-order valence-corrected chi connectivity index (χ3v) is 0.354. The van der Waals surface area contributed by atoms with Crippen molar-refractivity contribution in [2.75, 3.05) is 0 Å². The number of rotatable bonds is 1. The van der Waals surface area contributed by atoms with Crippen molar-refractivity contribution in [3.63, 3.8) is 0 Å². The van der Waals surface area contributed by atoms with Gasteiger partial charge in [-0.15, -0.1) is 0 Å². The fraction of sp³-hybridized carbons (Fsp3) is 0.667. The first-order chi connectivity index (χ1) is 1.91. The molecule has 0 unspecified atom stereocenters. The molecule has 0 heterocycles. The summed E-state index contributed by atoms with van der Waals surface area (Å²) in [5.41, 5.74) is 0. The first kappa shape index (κ1) is 31.9. The number of hydrogen-bond donors (Lipinski definition) is 0. The maximum absolute atomic E-state index is 3.60. The van der Waals surface area contributed by atoms with Gasteiger partial charge >= 0.3 is 0 Å². The van der Waals surface area contributed by atoms with Crippen LogP contribution in [0.2, 0.25) is 0 Å². The molecule has 0 amide bonds. The summed E-state index contributed by atoms with van der Waals surface area (Å²) in [5.74, 6) is 0. The molecule has 0 aliphatic carbocycles. The third-order valence-electron chi connectivity index (χ3n) is 0.354. The van der Waals surface area contributed by atoms with Crippen molar-refractivity contribution in [2.24, 2.45) is 0 Å². The second-order valence-electron chi connectivity index (χ2n) is 0.854. The summed E-state index contributed by atoms with van der Waals surface area (Å²) in [5, 5.41) is 0. The fourth-order valence-electron chi connectivity index (χ4n) is 0. The second-order valence-corrected chi connectivity index (χ2v) is 0.854. The van der Waals surface area contributed by atoms with Gasteiger partial charge in [0.25, 0.3) is 0 Å². The van der Waals surface area contributed by atoms with Gasteiger partial charge in [-0.1, -0.05) is 20.8 Å². The minimum Gasteiger partial charge on any atom is -0.358 e. The Morgan fingerprint density at radius 1 is 1.25 bits per heavy atom. The molecule has 2 heteroatoms. The van der Waals surface area contributed by atoms with Crippen LogP contribution in [0.1, 0.15) is 27.2 Å². The van der Waals surface area contributed by atoms with E-state index >= 15 is 0 Å². The molecular formula is C6H16Y2-2. The van der Waals surface area contributed by atoms with E-state index in [1.54, 1.807) is 0 Å². The molecule has 0 aromatic carbocycles. The molecule has 0 saturated carbocycles. The van der Waals surface area contributed by atoms with Gasteiger partial charge in [-0.3, -0.25) is 0 Å². The van der Waals surface area contributed by atoms with E-state index in [-0.39, 0.29) is 80.3 Å². The van der Waals surface area contributed by atoms with E-state index in [4.69, 9.17) is 0 Å². The van der Waals surface area contributed by atoms with Gasteiger partial charge in [0.15, 0.2) is 0 Å². The molecule has 2 radical (unpaired) electrons. The molecule has 0 N–H and O–H groups in total. The molecule has 0 rings (SSSR count). The molecule has 48 valence electrons. The van der Waals surface area contributed by atoms with Gasteiger partial charge in [0.05, 0.1) is 0 Å². The Balaban J connectivity index is -0.00000000750. The van der Waals surface area contributed by atoms with Crippen LogP contribution in [-0.4, -0.2) is 0 Å². The maximum atomic E-state index is 3.60. The molecule has 0 nitrogen and oxygen atoms in total. The quantitative estimate of drug-likeness (QED) is 0.640. The van der Waals surface area contributed by atoms with E-state index in [9.17, 15) is 0 Å². The van der Waals surface area contributed by atoms with Crippen LogP contribution in [0.25, 0.3) is 0 Å². The minimum atomic E-state index is 0. The van der Waals surface area contributed by atoms with E-state index < -0.39 is 0 Å². The van der Waals surface area contributed by atoms with Crippen LogP contribution in [0.4, 0.5) is 0 Å². The summed E-state index contributed by atoms with van der Waals surface area (Å²) < 4.78 is 0. The Hall–Kier alpha value is 2.21. The molecule has 0 saturated heterocycles. The van der Waals surface area contributed by atoms with Crippen LogP contribution in [0.3, 0.4) is 0 Å². The summed E-state index contributed by atoms with van der Waals surface area (Å²) in [7, 11) is 0. The normalized spacial score (nSPS) is 3.75. The smallest absolute Gasteiger partial charge is 0 e. The van der Waals surface area contributed by atoms with E-state index in [2.05, 4.69) is 13.8 Å². The van der Waals surface area contributed by atoms with E-state index in [1.807, 2.05) is 0 Å². The Labute approximate surface area is 105 Å². The molecule has 0 bridgehead atoms. The summed E-state index contributed by atoms with van der Waals surface area (Å²) in [6.07, 6.45) is 2.28. The van der Waals surface area contributed by atoms with Crippen molar-refractivity contribution >= 4 is 0 Å². The minimum absolute atomic E-state index is 0.